The first-order chi connectivity index (χ1) is 6.79. The fourth-order valence-corrected chi connectivity index (χ4v) is 3.75. The zero-order valence-corrected chi connectivity index (χ0v) is 9.98. The molecule has 0 aromatic rings. The molecule has 0 amide bonds. The molecule has 2 fully saturated rings. The Balaban J connectivity index is 1.70. The van der Waals surface area contributed by atoms with Gasteiger partial charge in [0, 0.05) is 6.61 Å². The molecule has 2 atom stereocenters. The lowest BCUT2D eigenvalue weighted by Crippen LogP contribution is -2.23. The Morgan fingerprint density at radius 3 is 2.64 bits per heavy atom. The number of fused-ring (bicyclic) bond motifs is 1. The monoisotopic (exact) mass is 214 g/mol. The second-order valence-corrected chi connectivity index (χ2v) is 6.52. The molecule has 0 aliphatic heterocycles. The second-order valence-electron chi connectivity index (χ2n) is 5.12. The van der Waals surface area contributed by atoms with Crippen LogP contribution in [0.1, 0.15) is 39.0 Å². The third-order valence-electron chi connectivity index (χ3n) is 3.99. The van der Waals surface area contributed by atoms with Gasteiger partial charge in [-0.15, -0.1) is 0 Å². The van der Waals surface area contributed by atoms with Crippen molar-refractivity contribution in [1.29, 1.82) is 0 Å². The van der Waals surface area contributed by atoms with Crippen molar-refractivity contribution in [2.45, 2.75) is 39.0 Å². The number of rotatable bonds is 6. The molecule has 82 valence electrons. The molecule has 0 saturated heterocycles. The van der Waals surface area contributed by atoms with E-state index in [1.54, 1.807) is 0 Å². The number of hydrogen-bond donors (Lipinski definition) is 1. The molecule has 2 rings (SSSR count). The molecule has 2 saturated carbocycles. The van der Waals surface area contributed by atoms with Crippen LogP contribution >= 0.6 is 11.8 Å². The lowest BCUT2D eigenvalue weighted by molar-refractivity contribution is 0.107. The topological polar surface area (TPSA) is 20.2 Å². The van der Waals surface area contributed by atoms with Crippen LogP contribution in [0.15, 0.2) is 0 Å². The fourth-order valence-electron chi connectivity index (χ4n) is 3.11. The van der Waals surface area contributed by atoms with E-state index in [1.807, 2.05) is 11.8 Å². The highest BCUT2D eigenvalue weighted by Gasteiger charge is 2.52. The van der Waals surface area contributed by atoms with Gasteiger partial charge in [-0.25, -0.2) is 0 Å². The summed E-state index contributed by atoms with van der Waals surface area (Å²) in [7, 11) is 0. The minimum atomic E-state index is 0.349. The fraction of sp³-hybridized carbons (Fsp3) is 1.00. The Labute approximate surface area is 91.7 Å². The third kappa shape index (κ3) is 2.27. The quantitative estimate of drug-likeness (QED) is 0.686. The minimum Gasteiger partial charge on any atom is -0.396 e. The Morgan fingerprint density at radius 2 is 2.07 bits per heavy atom. The van der Waals surface area contributed by atoms with Gasteiger partial charge in [0.1, 0.15) is 0 Å². The number of aliphatic hydroxyl groups excluding tert-OH is 1. The van der Waals surface area contributed by atoms with E-state index >= 15 is 0 Å². The molecule has 0 aromatic carbocycles. The Morgan fingerprint density at radius 1 is 1.36 bits per heavy atom. The van der Waals surface area contributed by atoms with E-state index in [0.29, 0.717) is 12.0 Å². The molecule has 0 aromatic heterocycles. The second kappa shape index (κ2) is 4.44. The molecule has 2 aliphatic carbocycles. The molecular weight excluding hydrogens is 192 g/mol. The molecule has 2 unspecified atom stereocenters. The highest BCUT2D eigenvalue weighted by atomic mass is 32.2. The van der Waals surface area contributed by atoms with Gasteiger partial charge in [-0.1, -0.05) is 6.92 Å². The molecule has 14 heavy (non-hydrogen) atoms. The van der Waals surface area contributed by atoms with Crippen molar-refractivity contribution in [3.63, 3.8) is 0 Å². The first kappa shape index (κ1) is 10.8. The van der Waals surface area contributed by atoms with E-state index < -0.39 is 0 Å². The van der Waals surface area contributed by atoms with E-state index in [-0.39, 0.29) is 0 Å². The van der Waals surface area contributed by atoms with Crippen molar-refractivity contribution in [3.8, 4) is 0 Å². The lowest BCUT2D eigenvalue weighted by atomic mass is 9.80. The molecule has 2 heteroatoms. The zero-order chi connectivity index (χ0) is 10.0. The van der Waals surface area contributed by atoms with Crippen LogP contribution in [0.2, 0.25) is 0 Å². The van der Waals surface area contributed by atoms with Gasteiger partial charge in [-0.05, 0) is 60.9 Å². The van der Waals surface area contributed by atoms with Gasteiger partial charge < -0.3 is 5.11 Å². The van der Waals surface area contributed by atoms with Crippen LogP contribution in [0.4, 0.5) is 0 Å². The molecule has 0 heterocycles. The highest BCUT2D eigenvalue weighted by molar-refractivity contribution is 7.99. The van der Waals surface area contributed by atoms with Gasteiger partial charge in [0.2, 0.25) is 0 Å². The predicted molar refractivity (Wildman–Crippen MR) is 62.6 cm³/mol. The normalized spacial score (nSPS) is 39.9. The summed E-state index contributed by atoms with van der Waals surface area (Å²) in [5.41, 5.74) is 0.349. The summed E-state index contributed by atoms with van der Waals surface area (Å²) >= 11 is 2.03. The van der Waals surface area contributed by atoms with E-state index in [9.17, 15) is 5.11 Å². The maximum absolute atomic E-state index is 9.50. The summed E-state index contributed by atoms with van der Waals surface area (Å²) in [5.74, 6) is 4.52. The Bertz CT molecular complexity index is 183. The number of aliphatic hydroxyl groups is 1. The van der Waals surface area contributed by atoms with Crippen molar-refractivity contribution in [3.05, 3.63) is 0 Å². The van der Waals surface area contributed by atoms with Crippen LogP contribution in [0.5, 0.6) is 0 Å². The summed E-state index contributed by atoms with van der Waals surface area (Å²) in [6.45, 7) is 2.66. The maximum Gasteiger partial charge on any atom is 0.0487 e. The summed E-state index contributed by atoms with van der Waals surface area (Å²) in [5, 5.41) is 9.50. The van der Waals surface area contributed by atoms with Crippen LogP contribution in [0.3, 0.4) is 0 Å². The molecule has 0 bridgehead atoms. The maximum atomic E-state index is 9.50. The van der Waals surface area contributed by atoms with Crippen molar-refractivity contribution < 1.29 is 5.11 Å². The Hall–Kier alpha value is 0.310. The minimum absolute atomic E-state index is 0.349. The van der Waals surface area contributed by atoms with Crippen molar-refractivity contribution in [2.75, 3.05) is 18.1 Å². The average molecular weight is 214 g/mol. The summed E-state index contributed by atoms with van der Waals surface area (Å²) < 4.78 is 0. The predicted octanol–water partition coefficient (Wildman–Crippen LogP) is 2.93. The van der Waals surface area contributed by atoms with Crippen LogP contribution in [-0.2, 0) is 0 Å². The lowest BCUT2D eigenvalue weighted by Gasteiger charge is -2.28. The van der Waals surface area contributed by atoms with Gasteiger partial charge in [0.15, 0.2) is 0 Å². The molecule has 1 nitrogen and oxygen atoms in total. The first-order valence-electron chi connectivity index (χ1n) is 5.98. The first-order valence-corrected chi connectivity index (χ1v) is 7.14. The van der Waals surface area contributed by atoms with Gasteiger partial charge >= 0.3 is 0 Å². The standard InChI is InChI=1S/C12H22OS/c1-2-14-5-3-4-12(9-13)7-10-6-11(10)8-12/h10-11,13H,2-9H2,1H3. The van der Waals surface area contributed by atoms with Gasteiger partial charge in [-0.3, -0.25) is 0 Å². The van der Waals surface area contributed by atoms with Crippen LogP contribution in [0.25, 0.3) is 0 Å². The molecular formula is C12H22OS. The average Bonchev–Trinajstić information content (AvgIpc) is 2.82. The van der Waals surface area contributed by atoms with Gasteiger partial charge in [0.25, 0.3) is 0 Å². The van der Waals surface area contributed by atoms with E-state index in [1.165, 1.54) is 43.6 Å². The smallest absolute Gasteiger partial charge is 0.0487 e. The largest absolute Gasteiger partial charge is 0.396 e. The molecule has 1 N–H and O–H groups in total. The van der Waals surface area contributed by atoms with E-state index in [2.05, 4.69) is 6.92 Å². The number of hydrogen-bond acceptors (Lipinski definition) is 2. The molecule has 0 spiro atoms. The van der Waals surface area contributed by atoms with E-state index in [0.717, 1.165) is 11.8 Å². The van der Waals surface area contributed by atoms with Crippen molar-refractivity contribution in [2.24, 2.45) is 17.3 Å². The SMILES string of the molecule is CCSCCCC1(CO)CC2CC2C1. The van der Waals surface area contributed by atoms with Gasteiger partial charge in [-0.2, -0.15) is 11.8 Å². The summed E-state index contributed by atoms with van der Waals surface area (Å²) in [4.78, 5) is 0. The van der Waals surface area contributed by atoms with Crippen LogP contribution in [0, 0.1) is 17.3 Å². The zero-order valence-electron chi connectivity index (χ0n) is 9.17. The highest BCUT2D eigenvalue weighted by Crippen LogP contribution is 2.61. The van der Waals surface area contributed by atoms with E-state index in [4.69, 9.17) is 0 Å². The molecule has 2 aliphatic rings. The summed E-state index contributed by atoms with van der Waals surface area (Å²) in [6, 6.07) is 0. The summed E-state index contributed by atoms with van der Waals surface area (Å²) in [6.07, 6.45) is 6.68. The van der Waals surface area contributed by atoms with Crippen LogP contribution in [-0.4, -0.2) is 23.2 Å². The van der Waals surface area contributed by atoms with Crippen molar-refractivity contribution in [1.82, 2.24) is 0 Å². The third-order valence-corrected chi connectivity index (χ3v) is 4.98. The Kier molecular flexibility index (Phi) is 3.43. The van der Waals surface area contributed by atoms with Crippen molar-refractivity contribution >= 4 is 11.8 Å². The van der Waals surface area contributed by atoms with Crippen LogP contribution < -0.4 is 0 Å². The van der Waals surface area contributed by atoms with Gasteiger partial charge in [0.05, 0.1) is 0 Å². The molecule has 0 radical (unpaired) electrons. The number of thioether (sulfide) groups is 1.